The van der Waals surface area contributed by atoms with Crippen LogP contribution in [0.3, 0.4) is 0 Å². The normalized spacial score (nSPS) is 16.8. The van der Waals surface area contributed by atoms with Crippen LogP contribution in [0.4, 0.5) is 5.82 Å². The number of rotatable bonds is 7. The van der Waals surface area contributed by atoms with E-state index in [4.69, 9.17) is 15.2 Å². The van der Waals surface area contributed by atoms with E-state index < -0.39 is 0 Å². The molecule has 1 saturated heterocycles. The van der Waals surface area contributed by atoms with Gasteiger partial charge in [-0.05, 0) is 37.1 Å². The number of nitrogens with zero attached hydrogens (tertiary/aromatic N) is 3. The SMILES string of the molecule is COCCC(=O)N1CCC[C@@H](C(=O)c2cnn(-c3ccc(OC)cc3)c2N)C1. The molecular weight excluding hydrogens is 360 g/mol. The highest BCUT2D eigenvalue weighted by molar-refractivity contribution is 6.02. The molecule has 0 radical (unpaired) electrons. The fourth-order valence-electron chi connectivity index (χ4n) is 3.46. The number of methoxy groups -OCH3 is 2. The minimum atomic E-state index is -0.268. The highest BCUT2D eigenvalue weighted by atomic mass is 16.5. The maximum absolute atomic E-state index is 13.0. The van der Waals surface area contributed by atoms with Crippen LogP contribution in [0.25, 0.3) is 5.69 Å². The highest BCUT2D eigenvalue weighted by Gasteiger charge is 2.31. The van der Waals surface area contributed by atoms with Gasteiger partial charge in [-0.2, -0.15) is 5.10 Å². The molecule has 1 aromatic heterocycles. The Morgan fingerprint density at radius 3 is 2.68 bits per heavy atom. The lowest BCUT2D eigenvalue weighted by Gasteiger charge is -2.32. The fourth-order valence-corrected chi connectivity index (χ4v) is 3.46. The Labute approximate surface area is 164 Å². The average molecular weight is 386 g/mol. The summed E-state index contributed by atoms with van der Waals surface area (Å²) in [6, 6.07) is 7.27. The smallest absolute Gasteiger partial charge is 0.224 e. The van der Waals surface area contributed by atoms with E-state index in [0.29, 0.717) is 37.5 Å². The number of ketones is 1. The van der Waals surface area contributed by atoms with Gasteiger partial charge in [0.15, 0.2) is 5.78 Å². The quantitative estimate of drug-likeness (QED) is 0.730. The minimum Gasteiger partial charge on any atom is -0.497 e. The number of aromatic nitrogens is 2. The third-order valence-electron chi connectivity index (χ3n) is 5.05. The van der Waals surface area contributed by atoms with Crippen molar-refractivity contribution < 1.29 is 19.1 Å². The van der Waals surface area contributed by atoms with Gasteiger partial charge in [-0.15, -0.1) is 0 Å². The number of amides is 1. The molecule has 0 aliphatic carbocycles. The molecule has 1 atom stereocenters. The van der Waals surface area contributed by atoms with E-state index in [1.165, 1.54) is 10.9 Å². The first-order chi connectivity index (χ1) is 13.5. The molecule has 0 unspecified atom stereocenters. The van der Waals surface area contributed by atoms with Crippen LogP contribution in [0.15, 0.2) is 30.5 Å². The Hall–Kier alpha value is -2.87. The van der Waals surface area contributed by atoms with Crippen molar-refractivity contribution in [1.29, 1.82) is 0 Å². The molecule has 3 rings (SSSR count). The second kappa shape index (κ2) is 8.88. The highest BCUT2D eigenvalue weighted by Crippen LogP contribution is 2.26. The van der Waals surface area contributed by atoms with Gasteiger partial charge >= 0.3 is 0 Å². The standard InChI is InChI=1S/C20H26N4O4/c1-27-11-9-18(25)23-10-3-4-14(13-23)19(26)17-12-22-24(20(17)21)15-5-7-16(28-2)8-6-15/h5-8,12,14H,3-4,9-11,13,21H2,1-2H3/t14-/m1/s1. The molecule has 0 saturated carbocycles. The number of anilines is 1. The predicted octanol–water partition coefficient (Wildman–Crippen LogP) is 1.92. The number of carbonyl (C=O) groups is 2. The van der Waals surface area contributed by atoms with E-state index in [1.807, 2.05) is 24.3 Å². The molecule has 1 aromatic carbocycles. The predicted molar refractivity (Wildman–Crippen MR) is 105 cm³/mol. The van der Waals surface area contributed by atoms with Gasteiger partial charge in [0.05, 0.1) is 37.6 Å². The molecular formula is C20H26N4O4. The molecule has 2 heterocycles. The van der Waals surface area contributed by atoms with E-state index in [1.54, 1.807) is 19.1 Å². The molecule has 8 heteroatoms. The summed E-state index contributed by atoms with van der Waals surface area (Å²) >= 11 is 0. The van der Waals surface area contributed by atoms with Crippen molar-refractivity contribution in [2.24, 2.45) is 5.92 Å². The largest absolute Gasteiger partial charge is 0.497 e. The molecule has 0 bridgehead atoms. The zero-order chi connectivity index (χ0) is 20.1. The van der Waals surface area contributed by atoms with E-state index in [9.17, 15) is 9.59 Å². The van der Waals surface area contributed by atoms with Crippen molar-refractivity contribution in [2.75, 3.05) is 39.6 Å². The Morgan fingerprint density at radius 2 is 2.00 bits per heavy atom. The zero-order valence-corrected chi connectivity index (χ0v) is 16.3. The van der Waals surface area contributed by atoms with Gasteiger partial charge in [0.1, 0.15) is 11.6 Å². The van der Waals surface area contributed by atoms with Crippen LogP contribution in [0.2, 0.25) is 0 Å². The van der Waals surface area contributed by atoms with Gasteiger partial charge in [0.2, 0.25) is 5.91 Å². The van der Waals surface area contributed by atoms with Crippen molar-refractivity contribution in [2.45, 2.75) is 19.3 Å². The van der Waals surface area contributed by atoms with Gasteiger partial charge < -0.3 is 20.1 Å². The second-order valence-corrected chi connectivity index (χ2v) is 6.84. The van der Waals surface area contributed by atoms with Crippen LogP contribution >= 0.6 is 0 Å². The fraction of sp³-hybridized carbons (Fsp3) is 0.450. The maximum atomic E-state index is 13.0. The molecule has 0 spiro atoms. The lowest BCUT2D eigenvalue weighted by Crippen LogP contribution is -2.42. The molecule has 1 aliphatic heterocycles. The lowest BCUT2D eigenvalue weighted by molar-refractivity contribution is -0.133. The maximum Gasteiger partial charge on any atom is 0.224 e. The molecule has 150 valence electrons. The van der Waals surface area contributed by atoms with Crippen LogP contribution < -0.4 is 10.5 Å². The molecule has 2 aromatic rings. The third kappa shape index (κ3) is 4.17. The summed E-state index contributed by atoms with van der Waals surface area (Å²) < 4.78 is 11.7. The summed E-state index contributed by atoms with van der Waals surface area (Å²) in [6.45, 7) is 1.47. The Morgan fingerprint density at radius 1 is 1.25 bits per heavy atom. The monoisotopic (exact) mass is 386 g/mol. The first-order valence-electron chi connectivity index (χ1n) is 9.34. The van der Waals surface area contributed by atoms with Gasteiger partial charge in [0.25, 0.3) is 0 Å². The number of benzene rings is 1. The van der Waals surface area contributed by atoms with Crippen LogP contribution in [-0.4, -0.2) is 60.3 Å². The van der Waals surface area contributed by atoms with Crippen LogP contribution in [0.5, 0.6) is 5.75 Å². The summed E-state index contributed by atoms with van der Waals surface area (Å²) in [5.41, 5.74) is 7.37. The van der Waals surface area contributed by atoms with Crippen molar-refractivity contribution >= 4 is 17.5 Å². The number of nitrogens with two attached hydrogens (primary N) is 1. The second-order valence-electron chi connectivity index (χ2n) is 6.84. The summed E-state index contributed by atoms with van der Waals surface area (Å²) in [7, 11) is 3.17. The molecule has 2 N–H and O–H groups in total. The van der Waals surface area contributed by atoms with Crippen LogP contribution in [0.1, 0.15) is 29.6 Å². The molecule has 1 fully saturated rings. The first kappa shape index (κ1) is 19.9. The van der Waals surface area contributed by atoms with Gasteiger partial charge in [0, 0.05) is 26.1 Å². The summed E-state index contributed by atoms with van der Waals surface area (Å²) in [6.07, 6.45) is 3.37. The zero-order valence-electron chi connectivity index (χ0n) is 16.3. The van der Waals surface area contributed by atoms with Crippen LogP contribution in [-0.2, 0) is 9.53 Å². The number of Topliss-reactive ketones (excluding diaryl/α,β-unsaturated/α-hetero) is 1. The van der Waals surface area contributed by atoms with Gasteiger partial charge in [-0.1, -0.05) is 0 Å². The summed E-state index contributed by atoms with van der Waals surface area (Å²) in [4.78, 5) is 27.0. The first-order valence-corrected chi connectivity index (χ1v) is 9.34. The molecule has 1 aliphatic rings. The van der Waals surface area contributed by atoms with E-state index in [0.717, 1.165) is 24.3 Å². The number of likely N-dealkylation sites (tertiary alicyclic amines) is 1. The number of carbonyl (C=O) groups excluding carboxylic acids is 2. The Bertz CT molecular complexity index is 831. The summed E-state index contributed by atoms with van der Waals surface area (Å²) in [5, 5.41) is 4.28. The van der Waals surface area contributed by atoms with Crippen molar-refractivity contribution in [3.05, 3.63) is 36.0 Å². The minimum absolute atomic E-state index is 0.0150. The molecule has 8 nitrogen and oxygen atoms in total. The van der Waals surface area contributed by atoms with Crippen molar-refractivity contribution in [3.63, 3.8) is 0 Å². The van der Waals surface area contributed by atoms with E-state index >= 15 is 0 Å². The van der Waals surface area contributed by atoms with Crippen molar-refractivity contribution in [3.8, 4) is 11.4 Å². The Balaban J connectivity index is 1.73. The topological polar surface area (TPSA) is 99.7 Å². The summed E-state index contributed by atoms with van der Waals surface area (Å²) in [5.74, 6) is 0.711. The van der Waals surface area contributed by atoms with Gasteiger partial charge in [-0.3, -0.25) is 9.59 Å². The van der Waals surface area contributed by atoms with Crippen molar-refractivity contribution in [1.82, 2.24) is 14.7 Å². The van der Waals surface area contributed by atoms with E-state index in [-0.39, 0.29) is 17.6 Å². The lowest BCUT2D eigenvalue weighted by atomic mass is 9.90. The number of piperidine rings is 1. The van der Waals surface area contributed by atoms with Crippen LogP contribution in [0, 0.1) is 5.92 Å². The number of ether oxygens (including phenoxy) is 2. The van der Waals surface area contributed by atoms with E-state index in [2.05, 4.69) is 5.10 Å². The van der Waals surface area contributed by atoms with Gasteiger partial charge in [-0.25, -0.2) is 4.68 Å². The average Bonchev–Trinajstić information content (AvgIpc) is 3.12. The number of hydrogen-bond acceptors (Lipinski definition) is 6. The number of nitrogen functional groups attached to an aromatic ring is 1. The molecule has 1 amide bonds. The Kier molecular flexibility index (Phi) is 6.30. The third-order valence-corrected chi connectivity index (χ3v) is 5.05. The molecule has 28 heavy (non-hydrogen) atoms. The number of hydrogen-bond donors (Lipinski definition) is 1.